The molecule has 0 atom stereocenters. The van der Waals surface area contributed by atoms with Crippen molar-refractivity contribution in [3.63, 3.8) is 0 Å². The zero-order chi connectivity index (χ0) is 20.4. The summed E-state index contributed by atoms with van der Waals surface area (Å²) in [6, 6.07) is 10.6. The second kappa shape index (κ2) is 8.41. The Balaban J connectivity index is 1.91. The van der Waals surface area contributed by atoms with Gasteiger partial charge >= 0.3 is 5.97 Å². The van der Waals surface area contributed by atoms with Crippen LogP contribution in [0.2, 0.25) is 10.0 Å². The number of halogens is 2. The summed E-state index contributed by atoms with van der Waals surface area (Å²) >= 11 is 12.4. The van der Waals surface area contributed by atoms with Crippen molar-refractivity contribution in [2.24, 2.45) is 0 Å². The molecule has 0 amide bonds. The number of nitrogens with zero attached hydrogens (tertiary/aromatic N) is 1. The van der Waals surface area contributed by atoms with E-state index in [1.54, 1.807) is 24.3 Å². The molecule has 7 heteroatoms. The first-order valence-corrected chi connectivity index (χ1v) is 9.82. The number of hydrogen-bond donors (Lipinski definition) is 1. The van der Waals surface area contributed by atoms with Crippen molar-refractivity contribution in [3.05, 3.63) is 69.8 Å². The van der Waals surface area contributed by atoms with Crippen molar-refractivity contribution >= 4 is 57.0 Å². The molecule has 3 aromatic rings. The molecule has 0 fully saturated rings. The van der Waals surface area contributed by atoms with Crippen molar-refractivity contribution in [3.8, 4) is 0 Å². The van der Waals surface area contributed by atoms with Crippen molar-refractivity contribution in [1.82, 2.24) is 4.98 Å². The Labute approximate surface area is 178 Å². The Morgan fingerprint density at radius 3 is 2.72 bits per heavy atom. The molecule has 2 aromatic carbocycles. The molecule has 4 rings (SSSR count). The molecule has 5 nitrogen and oxygen atoms in total. The van der Waals surface area contributed by atoms with Crippen LogP contribution in [0.4, 0.5) is 11.4 Å². The predicted molar refractivity (Wildman–Crippen MR) is 116 cm³/mol. The summed E-state index contributed by atoms with van der Waals surface area (Å²) in [6.45, 7) is 1.20. The third-order valence-corrected chi connectivity index (χ3v) is 5.26. The van der Waals surface area contributed by atoms with Gasteiger partial charge in [0.2, 0.25) is 0 Å². The molecule has 0 aliphatic carbocycles. The number of esters is 1. The van der Waals surface area contributed by atoms with Gasteiger partial charge in [0, 0.05) is 27.2 Å². The van der Waals surface area contributed by atoms with Gasteiger partial charge in [-0.1, -0.05) is 29.3 Å². The maximum absolute atomic E-state index is 12.3. The molecule has 2 heterocycles. The molecular weight excluding hydrogens is 411 g/mol. The Morgan fingerprint density at radius 1 is 1.17 bits per heavy atom. The van der Waals surface area contributed by atoms with Crippen molar-refractivity contribution in [2.45, 2.75) is 6.42 Å². The van der Waals surface area contributed by atoms with E-state index in [0.29, 0.717) is 34.5 Å². The maximum Gasteiger partial charge on any atom is 0.340 e. The number of ether oxygens (including phenoxy) is 2. The first-order chi connectivity index (χ1) is 14.1. The molecule has 1 N–H and O–H groups in total. The maximum atomic E-state index is 12.3. The normalized spacial score (nSPS) is 13.8. The molecule has 1 aliphatic rings. The molecule has 1 aromatic heterocycles. The molecule has 29 heavy (non-hydrogen) atoms. The van der Waals surface area contributed by atoms with Crippen LogP contribution in [-0.4, -0.2) is 31.3 Å². The van der Waals surface area contributed by atoms with E-state index in [9.17, 15) is 4.79 Å². The van der Waals surface area contributed by atoms with Gasteiger partial charge in [-0.15, -0.1) is 0 Å². The molecule has 0 saturated carbocycles. The zero-order valence-corrected chi connectivity index (χ0v) is 17.2. The van der Waals surface area contributed by atoms with Gasteiger partial charge in [-0.25, -0.2) is 4.79 Å². The summed E-state index contributed by atoms with van der Waals surface area (Å²) < 4.78 is 10.4. The number of carbonyl (C=O) groups excluding carboxylic acids is 1. The molecule has 148 valence electrons. The van der Waals surface area contributed by atoms with Gasteiger partial charge in [0.25, 0.3) is 0 Å². The molecule has 0 radical (unpaired) electrons. The number of aromatic nitrogens is 1. The number of fused-ring (bicyclic) bond motifs is 1. The van der Waals surface area contributed by atoms with Gasteiger partial charge in [0.15, 0.2) is 0 Å². The highest BCUT2D eigenvalue weighted by Gasteiger charge is 2.19. The fourth-order valence-electron chi connectivity index (χ4n) is 3.35. The van der Waals surface area contributed by atoms with Crippen molar-refractivity contribution in [2.75, 3.05) is 25.6 Å². The van der Waals surface area contributed by atoms with Gasteiger partial charge in [0.1, 0.15) is 0 Å². The highest BCUT2D eigenvalue weighted by molar-refractivity contribution is 6.31. The monoisotopic (exact) mass is 428 g/mol. The van der Waals surface area contributed by atoms with Crippen LogP contribution in [0.25, 0.3) is 16.5 Å². The average molecular weight is 429 g/mol. The number of pyridine rings is 1. The van der Waals surface area contributed by atoms with Crippen molar-refractivity contribution < 1.29 is 14.3 Å². The standard InChI is InChI=1S/C22H18Cl2N2O3/c1-28-22(27)17-11-15(24)3-5-20(17)26-21-16-10-14(23)2-4-19(16)25-12-18(21)13-6-8-29-9-7-13/h2-6,10-12H,7-9H2,1H3,(H,25,26). The summed E-state index contributed by atoms with van der Waals surface area (Å²) in [5, 5.41) is 5.32. The van der Waals surface area contributed by atoms with E-state index in [1.165, 1.54) is 7.11 Å². The van der Waals surface area contributed by atoms with E-state index in [0.717, 1.165) is 34.1 Å². The summed E-state index contributed by atoms with van der Waals surface area (Å²) in [5.41, 5.74) is 4.61. The lowest BCUT2D eigenvalue weighted by molar-refractivity contribution is 0.0602. The second-order valence-electron chi connectivity index (χ2n) is 6.57. The summed E-state index contributed by atoms with van der Waals surface area (Å²) in [4.78, 5) is 16.9. The number of rotatable bonds is 4. The van der Waals surface area contributed by atoms with E-state index in [4.69, 9.17) is 32.7 Å². The first-order valence-electron chi connectivity index (χ1n) is 9.07. The highest BCUT2D eigenvalue weighted by Crippen LogP contribution is 2.37. The third-order valence-electron chi connectivity index (χ3n) is 4.79. The summed E-state index contributed by atoms with van der Waals surface area (Å²) in [6.07, 6.45) is 4.65. The highest BCUT2D eigenvalue weighted by atomic mass is 35.5. The minimum atomic E-state index is -0.474. The second-order valence-corrected chi connectivity index (χ2v) is 7.44. The van der Waals surface area contributed by atoms with Crippen LogP contribution in [0.5, 0.6) is 0 Å². The number of hydrogen-bond acceptors (Lipinski definition) is 5. The lowest BCUT2D eigenvalue weighted by atomic mass is 9.98. The van der Waals surface area contributed by atoms with Crippen molar-refractivity contribution in [1.29, 1.82) is 0 Å². The number of carbonyl (C=O) groups is 1. The van der Waals surface area contributed by atoms with Crippen LogP contribution >= 0.6 is 23.2 Å². The molecule has 0 spiro atoms. The van der Waals surface area contributed by atoms with E-state index < -0.39 is 5.97 Å². The van der Waals surface area contributed by atoms with Crippen LogP contribution in [0, 0.1) is 0 Å². The number of methoxy groups -OCH3 is 1. The Morgan fingerprint density at radius 2 is 1.97 bits per heavy atom. The van der Waals surface area contributed by atoms with Gasteiger partial charge in [0.05, 0.1) is 42.8 Å². The molecular formula is C22H18Cl2N2O3. The first kappa shape index (κ1) is 19.7. The fourth-order valence-corrected chi connectivity index (χ4v) is 3.70. The van der Waals surface area contributed by atoms with Crippen LogP contribution < -0.4 is 5.32 Å². The topological polar surface area (TPSA) is 60.5 Å². The van der Waals surface area contributed by atoms with Gasteiger partial charge < -0.3 is 14.8 Å². The third kappa shape index (κ3) is 4.08. The lowest BCUT2D eigenvalue weighted by Crippen LogP contribution is -2.09. The minimum absolute atomic E-state index is 0.346. The molecule has 1 aliphatic heterocycles. The number of benzene rings is 2. The smallest absolute Gasteiger partial charge is 0.340 e. The Hall–Kier alpha value is -2.60. The van der Waals surface area contributed by atoms with Gasteiger partial charge in [-0.2, -0.15) is 0 Å². The predicted octanol–water partition coefficient (Wildman–Crippen LogP) is 5.88. The van der Waals surface area contributed by atoms with Gasteiger partial charge in [-0.3, -0.25) is 4.98 Å². The summed E-state index contributed by atoms with van der Waals surface area (Å²) in [7, 11) is 1.34. The van der Waals surface area contributed by atoms with Crippen LogP contribution in [0.15, 0.2) is 48.7 Å². The average Bonchev–Trinajstić information content (AvgIpc) is 2.75. The largest absolute Gasteiger partial charge is 0.465 e. The Kier molecular flexibility index (Phi) is 5.72. The molecule has 0 unspecified atom stereocenters. The zero-order valence-electron chi connectivity index (χ0n) is 15.7. The quantitative estimate of drug-likeness (QED) is 0.526. The van der Waals surface area contributed by atoms with E-state index in [1.807, 2.05) is 24.4 Å². The van der Waals surface area contributed by atoms with Gasteiger partial charge in [-0.05, 0) is 48.4 Å². The van der Waals surface area contributed by atoms with E-state index in [-0.39, 0.29) is 0 Å². The summed E-state index contributed by atoms with van der Waals surface area (Å²) in [5.74, 6) is -0.474. The van der Waals surface area contributed by atoms with E-state index in [2.05, 4.69) is 10.3 Å². The lowest BCUT2D eigenvalue weighted by Gasteiger charge is -2.20. The SMILES string of the molecule is COC(=O)c1cc(Cl)ccc1Nc1c(C2=CCOCC2)cnc2ccc(Cl)cc12. The van der Waals surface area contributed by atoms with Crippen LogP contribution in [0.1, 0.15) is 22.3 Å². The number of nitrogens with one attached hydrogen (secondary N) is 1. The Bertz CT molecular complexity index is 1130. The van der Waals surface area contributed by atoms with Crippen LogP contribution in [0.3, 0.4) is 0 Å². The molecule has 0 bridgehead atoms. The number of anilines is 2. The molecule has 0 saturated heterocycles. The minimum Gasteiger partial charge on any atom is -0.465 e. The fraction of sp³-hybridized carbons (Fsp3) is 0.182. The van der Waals surface area contributed by atoms with Crippen LogP contribution in [-0.2, 0) is 9.47 Å². The van der Waals surface area contributed by atoms with E-state index >= 15 is 0 Å².